The van der Waals surface area contributed by atoms with E-state index in [9.17, 15) is 0 Å². The van der Waals surface area contributed by atoms with Gasteiger partial charge in [-0.3, -0.25) is 9.67 Å². The molecule has 5 heteroatoms. The summed E-state index contributed by atoms with van der Waals surface area (Å²) in [5.74, 6) is 0.881. The highest BCUT2D eigenvalue weighted by Crippen LogP contribution is 2.12. The molecule has 2 rings (SSSR count). The number of pyridine rings is 1. The Hall–Kier alpha value is -1.75. The van der Waals surface area contributed by atoms with Crippen LogP contribution in [0.15, 0.2) is 30.9 Å². The van der Waals surface area contributed by atoms with Crippen molar-refractivity contribution in [3.8, 4) is 0 Å². The topological polar surface area (TPSA) is 69.6 Å². The van der Waals surface area contributed by atoms with E-state index in [1.165, 1.54) is 6.33 Å². The van der Waals surface area contributed by atoms with Gasteiger partial charge < -0.3 is 5.73 Å². The number of hydrogen-bond donors (Lipinski definition) is 1. The summed E-state index contributed by atoms with van der Waals surface area (Å²) in [5.41, 5.74) is 7.05. The molecule has 0 aliphatic carbocycles. The van der Waals surface area contributed by atoms with Gasteiger partial charge in [-0.2, -0.15) is 5.10 Å². The number of rotatable bonds is 3. The lowest BCUT2D eigenvalue weighted by atomic mass is 10.1. The number of aryl methyl sites for hydroxylation is 1. The zero-order valence-corrected chi connectivity index (χ0v) is 8.54. The molecule has 0 fully saturated rings. The Balaban J connectivity index is 2.11. The molecule has 0 bridgehead atoms. The second kappa shape index (κ2) is 4.18. The molecule has 0 saturated heterocycles. The molecule has 2 aromatic heterocycles. The van der Waals surface area contributed by atoms with Crippen molar-refractivity contribution in [2.24, 2.45) is 12.8 Å². The molecule has 0 radical (unpaired) electrons. The maximum absolute atomic E-state index is 6.03. The smallest absolute Gasteiger partial charge is 0.138 e. The molecule has 0 spiro atoms. The van der Waals surface area contributed by atoms with Crippen molar-refractivity contribution in [2.75, 3.05) is 0 Å². The van der Waals surface area contributed by atoms with E-state index in [4.69, 9.17) is 5.73 Å². The van der Waals surface area contributed by atoms with Gasteiger partial charge in [-0.1, -0.05) is 6.07 Å². The van der Waals surface area contributed by atoms with Crippen LogP contribution in [0.4, 0.5) is 0 Å². The molecule has 1 atom stereocenters. The van der Waals surface area contributed by atoms with Crippen molar-refractivity contribution >= 4 is 0 Å². The van der Waals surface area contributed by atoms with Crippen LogP contribution < -0.4 is 5.73 Å². The molecule has 78 valence electrons. The van der Waals surface area contributed by atoms with Gasteiger partial charge in [-0.15, -0.1) is 0 Å². The van der Waals surface area contributed by atoms with Gasteiger partial charge in [0.25, 0.3) is 0 Å². The molecule has 1 unspecified atom stereocenters. The first-order valence-corrected chi connectivity index (χ1v) is 4.76. The number of aromatic nitrogens is 4. The van der Waals surface area contributed by atoms with E-state index in [0.717, 1.165) is 11.4 Å². The monoisotopic (exact) mass is 203 g/mol. The van der Waals surface area contributed by atoms with E-state index < -0.39 is 0 Å². The van der Waals surface area contributed by atoms with Crippen LogP contribution in [0, 0.1) is 0 Å². The minimum Gasteiger partial charge on any atom is -0.324 e. The fourth-order valence-corrected chi connectivity index (χ4v) is 1.41. The van der Waals surface area contributed by atoms with Crippen molar-refractivity contribution in [1.82, 2.24) is 19.7 Å². The Morgan fingerprint density at radius 3 is 3.00 bits per heavy atom. The predicted octanol–water partition coefficient (Wildman–Crippen LogP) is 0.453. The molecular formula is C10H13N5. The lowest BCUT2D eigenvalue weighted by Crippen LogP contribution is -2.16. The molecule has 2 N–H and O–H groups in total. The zero-order chi connectivity index (χ0) is 10.7. The van der Waals surface area contributed by atoms with Crippen molar-refractivity contribution < 1.29 is 0 Å². The molecule has 0 aliphatic heterocycles. The molecule has 5 nitrogen and oxygen atoms in total. The molecule has 0 amide bonds. The summed E-state index contributed by atoms with van der Waals surface area (Å²) < 4.78 is 1.73. The van der Waals surface area contributed by atoms with Crippen LogP contribution in [0.3, 0.4) is 0 Å². The summed E-state index contributed by atoms with van der Waals surface area (Å²) in [6.07, 6.45) is 5.72. The highest BCUT2D eigenvalue weighted by atomic mass is 15.3. The molecule has 0 aromatic carbocycles. The first-order valence-electron chi connectivity index (χ1n) is 4.76. The summed E-state index contributed by atoms with van der Waals surface area (Å²) in [6.45, 7) is 0. The summed E-state index contributed by atoms with van der Waals surface area (Å²) in [6, 6.07) is 3.77. The van der Waals surface area contributed by atoms with Gasteiger partial charge in [-0.05, 0) is 11.6 Å². The second-order valence-corrected chi connectivity index (χ2v) is 3.40. The van der Waals surface area contributed by atoms with Crippen molar-refractivity contribution in [2.45, 2.75) is 12.5 Å². The van der Waals surface area contributed by atoms with Gasteiger partial charge in [0.1, 0.15) is 12.2 Å². The van der Waals surface area contributed by atoms with Crippen molar-refractivity contribution in [3.63, 3.8) is 0 Å². The minimum atomic E-state index is -0.0819. The molecule has 0 aliphatic rings. The van der Waals surface area contributed by atoms with E-state index in [-0.39, 0.29) is 6.04 Å². The van der Waals surface area contributed by atoms with Gasteiger partial charge in [0.05, 0.1) is 0 Å². The van der Waals surface area contributed by atoms with E-state index in [2.05, 4.69) is 15.1 Å². The van der Waals surface area contributed by atoms with Gasteiger partial charge in [0, 0.05) is 31.9 Å². The van der Waals surface area contributed by atoms with Gasteiger partial charge in [0.2, 0.25) is 0 Å². The highest BCUT2D eigenvalue weighted by molar-refractivity contribution is 5.14. The Morgan fingerprint density at radius 1 is 1.53 bits per heavy atom. The van der Waals surface area contributed by atoms with Crippen LogP contribution in [0.25, 0.3) is 0 Å². The summed E-state index contributed by atoms with van der Waals surface area (Å²) in [7, 11) is 1.86. The fourth-order valence-electron chi connectivity index (χ4n) is 1.41. The predicted molar refractivity (Wildman–Crippen MR) is 55.9 cm³/mol. The molecule has 2 heterocycles. The van der Waals surface area contributed by atoms with Crippen molar-refractivity contribution in [3.05, 3.63) is 42.2 Å². The van der Waals surface area contributed by atoms with Crippen LogP contribution in [-0.2, 0) is 13.5 Å². The average Bonchev–Trinajstić information content (AvgIpc) is 2.66. The van der Waals surface area contributed by atoms with Gasteiger partial charge in [0.15, 0.2) is 0 Å². The average molecular weight is 203 g/mol. The van der Waals surface area contributed by atoms with E-state index in [1.807, 2.05) is 19.2 Å². The Bertz CT molecular complexity index is 422. The maximum Gasteiger partial charge on any atom is 0.138 e. The van der Waals surface area contributed by atoms with Gasteiger partial charge >= 0.3 is 0 Å². The van der Waals surface area contributed by atoms with Crippen LogP contribution in [0.5, 0.6) is 0 Å². The standard InChI is InChI=1S/C10H13N5/c1-15-10(13-7-14-15)5-9(11)8-3-2-4-12-6-8/h2-4,6-7,9H,5,11H2,1H3. The summed E-state index contributed by atoms with van der Waals surface area (Å²) in [4.78, 5) is 8.17. The van der Waals surface area contributed by atoms with E-state index in [1.54, 1.807) is 17.1 Å². The molecule has 2 aromatic rings. The number of nitrogens with zero attached hydrogens (tertiary/aromatic N) is 4. The van der Waals surface area contributed by atoms with Crippen molar-refractivity contribution in [1.29, 1.82) is 0 Å². The molecule has 0 saturated carbocycles. The molecular weight excluding hydrogens is 190 g/mol. The lowest BCUT2D eigenvalue weighted by Gasteiger charge is -2.10. The Kier molecular flexibility index (Phi) is 2.73. The van der Waals surface area contributed by atoms with Crippen LogP contribution in [-0.4, -0.2) is 19.7 Å². The lowest BCUT2D eigenvalue weighted by molar-refractivity contribution is 0.628. The van der Waals surface area contributed by atoms with Crippen LogP contribution in [0.1, 0.15) is 17.4 Å². The molecule has 15 heavy (non-hydrogen) atoms. The summed E-state index contributed by atoms with van der Waals surface area (Å²) in [5, 5.41) is 4.00. The van der Waals surface area contributed by atoms with E-state index >= 15 is 0 Å². The van der Waals surface area contributed by atoms with Crippen LogP contribution in [0.2, 0.25) is 0 Å². The number of nitrogens with two attached hydrogens (primary N) is 1. The zero-order valence-electron chi connectivity index (χ0n) is 8.54. The normalized spacial score (nSPS) is 12.7. The maximum atomic E-state index is 6.03. The minimum absolute atomic E-state index is 0.0819. The fraction of sp³-hybridized carbons (Fsp3) is 0.300. The Morgan fingerprint density at radius 2 is 2.40 bits per heavy atom. The quantitative estimate of drug-likeness (QED) is 0.786. The Labute approximate surface area is 88.0 Å². The highest BCUT2D eigenvalue weighted by Gasteiger charge is 2.10. The second-order valence-electron chi connectivity index (χ2n) is 3.40. The third-order valence-electron chi connectivity index (χ3n) is 2.32. The van der Waals surface area contributed by atoms with E-state index in [0.29, 0.717) is 6.42 Å². The number of hydrogen-bond acceptors (Lipinski definition) is 4. The SMILES string of the molecule is Cn1ncnc1CC(N)c1cccnc1. The summed E-state index contributed by atoms with van der Waals surface area (Å²) >= 11 is 0. The largest absolute Gasteiger partial charge is 0.324 e. The van der Waals surface area contributed by atoms with Gasteiger partial charge in [-0.25, -0.2) is 4.98 Å². The third-order valence-corrected chi connectivity index (χ3v) is 2.32. The van der Waals surface area contributed by atoms with Crippen LogP contribution >= 0.6 is 0 Å². The first kappa shape index (κ1) is 9.79. The first-order chi connectivity index (χ1) is 7.27. The third kappa shape index (κ3) is 2.19.